The van der Waals surface area contributed by atoms with Crippen molar-refractivity contribution in [2.45, 2.75) is 52.4 Å². The lowest BCUT2D eigenvalue weighted by molar-refractivity contribution is 0.728. The van der Waals surface area contributed by atoms with Gasteiger partial charge in [-0.3, -0.25) is 0 Å². The summed E-state index contributed by atoms with van der Waals surface area (Å²) >= 11 is 0. The largest absolute Gasteiger partial charge is 0.0760 e. The van der Waals surface area contributed by atoms with Gasteiger partial charge in [0.2, 0.25) is 0 Å². The van der Waals surface area contributed by atoms with Crippen molar-refractivity contribution < 1.29 is 0 Å². The number of unbranched alkanes of at least 4 members (excludes halogenated alkanes) is 3. The van der Waals surface area contributed by atoms with Crippen LogP contribution in [0, 0.1) is 6.08 Å². The monoisotopic (exact) mass is 215 g/mol. The second-order valence-electron chi connectivity index (χ2n) is 4.62. The molecule has 0 heteroatoms. The lowest BCUT2D eigenvalue weighted by Gasteiger charge is -2.04. The molecule has 0 saturated carbocycles. The summed E-state index contributed by atoms with van der Waals surface area (Å²) in [6.45, 7) is 6.68. The van der Waals surface area contributed by atoms with Crippen molar-refractivity contribution in [3.05, 3.63) is 47.5 Å². The van der Waals surface area contributed by atoms with Crippen molar-refractivity contribution in [2.75, 3.05) is 0 Å². The highest BCUT2D eigenvalue weighted by Gasteiger charge is 1.96. The van der Waals surface area contributed by atoms with E-state index in [2.05, 4.69) is 57.2 Å². The van der Waals surface area contributed by atoms with Crippen LogP contribution in [-0.2, 0) is 0 Å². The quantitative estimate of drug-likeness (QED) is 0.579. The smallest absolute Gasteiger partial charge is 0.0149 e. The minimum Gasteiger partial charge on any atom is -0.0760 e. The second-order valence-corrected chi connectivity index (χ2v) is 4.62. The molecule has 0 fully saturated rings. The molecule has 0 aliphatic heterocycles. The van der Waals surface area contributed by atoms with Crippen LogP contribution in [0.2, 0.25) is 0 Å². The highest BCUT2D eigenvalue weighted by Crippen LogP contribution is 2.14. The fourth-order valence-corrected chi connectivity index (χ4v) is 1.65. The van der Waals surface area contributed by atoms with Crippen molar-refractivity contribution in [3.8, 4) is 0 Å². The Labute approximate surface area is 100 Å². The van der Waals surface area contributed by atoms with Gasteiger partial charge in [0.25, 0.3) is 0 Å². The van der Waals surface area contributed by atoms with Gasteiger partial charge in [-0.15, -0.1) is 0 Å². The Bertz CT molecular complexity index is 303. The van der Waals surface area contributed by atoms with E-state index in [1.165, 1.54) is 30.4 Å². The maximum atomic E-state index is 3.34. The average Bonchev–Trinajstić information content (AvgIpc) is 2.29. The van der Waals surface area contributed by atoms with Crippen LogP contribution in [0.5, 0.6) is 0 Å². The molecule has 1 aromatic rings. The number of rotatable bonds is 6. The molecule has 0 aliphatic carbocycles. The molecule has 0 aromatic heterocycles. The topological polar surface area (TPSA) is 0 Å². The summed E-state index contributed by atoms with van der Waals surface area (Å²) in [5.41, 5.74) is 2.59. The van der Waals surface area contributed by atoms with Crippen molar-refractivity contribution in [3.63, 3.8) is 0 Å². The Balaban J connectivity index is 2.42. The average molecular weight is 215 g/mol. The molecule has 1 aromatic carbocycles. The molecule has 0 unspecified atom stereocenters. The van der Waals surface area contributed by atoms with Gasteiger partial charge in [-0.25, -0.2) is 0 Å². The maximum Gasteiger partial charge on any atom is -0.0149 e. The molecule has 0 heterocycles. The zero-order valence-corrected chi connectivity index (χ0v) is 10.8. The molecule has 0 N–H and O–H groups in total. The molecule has 0 bridgehead atoms. The van der Waals surface area contributed by atoms with E-state index in [9.17, 15) is 0 Å². The van der Waals surface area contributed by atoms with Crippen molar-refractivity contribution >= 4 is 0 Å². The summed E-state index contributed by atoms with van der Waals surface area (Å²) in [6.07, 6.45) is 10.6. The van der Waals surface area contributed by atoms with Gasteiger partial charge in [0.05, 0.1) is 0 Å². The van der Waals surface area contributed by atoms with E-state index in [4.69, 9.17) is 0 Å². The highest BCUT2D eigenvalue weighted by molar-refractivity contribution is 5.28. The van der Waals surface area contributed by atoms with Crippen LogP contribution in [0.15, 0.2) is 30.3 Å². The molecule has 0 aliphatic rings. The highest BCUT2D eigenvalue weighted by atomic mass is 14.0. The predicted molar refractivity (Wildman–Crippen MR) is 71.6 cm³/mol. The molecule has 0 saturated heterocycles. The van der Waals surface area contributed by atoms with E-state index >= 15 is 0 Å². The second kappa shape index (κ2) is 7.27. The third kappa shape index (κ3) is 4.65. The summed E-state index contributed by atoms with van der Waals surface area (Å²) < 4.78 is 0. The van der Waals surface area contributed by atoms with Crippen LogP contribution >= 0.6 is 0 Å². The van der Waals surface area contributed by atoms with E-state index in [1.807, 2.05) is 0 Å². The summed E-state index contributed by atoms with van der Waals surface area (Å²) in [5.74, 6) is 0.614. The number of hydrogen-bond donors (Lipinski definition) is 0. The van der Waals surface area contributed by atoms with Crippen LogP contribution < -0.4 is 0 Å². The molecule has 1 radical (unpaired) electrons. The first kappa shape index (κ1) is 13.0. The van der Waals surface area contributed by atoms with Crippen molar-refractivity contribution in [1.29, 1.82) is 0 Å². The van der Waals surface area contributed by atoms with Gasteiger partial charge in [0.15, 0.2) is 0 Å². The molecule has 16 heavy (non-hydrogen) atoms. The van der Waals surface area contributed by atoms with Crippen LogP contribution in [0.3, 0.4) is 0 Å². The molecule has 0 atom stereocenters. The predicted octanol–water partition coefficient (Wildman–Crippen LogP) is 5.10. The van der Waals surface area contributed by atoms with Gasteiger partial charge in [0.1, 0.15) is 0 Å². The molecular weight excluding hydrogens is 192 g/mol. The van der Waals surface area contributed by atoms with E-state index in [-0.39, 0.29) is 0 Å². The zero-order valence-electron chi connectivity index (χ0n) is 10.8. The van der Waals surface area contributed by atoms with Crippen LogP contribution in [0.4, 0.5) is 0 Å². The zero-order chi connectivity index (χ0) is 11.8. The van der Waals surface area contributed by atoms with Gasteiger partial charge in [0, 0.05) is 0 Å². The standard InChI is InChI=1S/C16H23/c1-4-5-6-7-8-9-15-10-12-16(13-11-15)14(2)3/h8,10-14H,4-7H2,1-3H3. The van der Waals surface area contributed by atoms with Gasteiger partial charge in [-0.2, -0.15) is 0 Å². The molecule has 0 nitrogen and oxygen atoms in total. The minimum atomic E-state index is 0.614. The van der Waals surface area contributed by atoms with Crippen LogP contribution in [0.1, 0.15) is 63.5 Å². The van der Waals surface area contributed by atoms with Crippen LogP contribution in [0.25, 0.3) is 0 Å². The summed E-state index contributed by atoms with van der Waals surface area (Å²) in [7, 11) is 0. The fourth-order valence-electron chi connectivity index (χ4n) is 1.65. The van der Waals surface area contributed by atoms with Crippen LogP contribution in [-0.4, -0.2) is 0 Å². The fraction of sp³-hybridized carbons (Fsp3) is 0.500. The molecule has 0 amide bonds. The number of benzene rings is 1. The molecule has 87 valence electrons. The SMILES string of the molecule is CCCCC/C=[C]\c1ccc(C(C)C)cc1. The Hall–Kier alpha value is -1.04. The van der Waals surface area contributed by atoms with E-state index in [0.29, 0.717) is 5.92 Å². The summed E-state index contributed by atoms with van der Waals surface area (Å²) in [6, 6.07) is 8.72. The summed E-state index contributed by atoms with van der Waals surface area (Å²) in [5, 5.41) is 0. The van der Waals surface area contributed by atoms with E-state index in [1.54, 1.807) is 0 Å². The maximum absolute atomic E-state index is 3.34. The van der Waals surface area contributed by atoms with Gasteiger partial charge in [-0.1, -0.05) is 64.0 Å². The van der Waals surface area contributed by atoms with Gasteiger partial charge in [-0.05, 0) is 36.0 Å². The van der Waals surface area contributed by atoms with Gasteiger partial charge >= 0.3 is 0 Å². The molecule has 0 spiro atoms. The van der Waals surface area contributed by atoms with Crippen molar-refractivity contribution in [1.82, 2.24) is 0 Å². The van der Waals surface area contributed by atoms with Gasteiger partial charge < -0.3 is 0 Å². The first-order valence-corrected chi connectivity index (χ1v) is 6.42. The lowest BCUT2D eigenvalue weighted by Crippen LogP contribution is -1.86. The Kier molecular flexibility index (Phi) is 5.92. The normalized spacial score (nSPS) is 11.5. The first-order chi connectivity index (χ1) is 7.74. The Morgan fingerprint density at radius 3 is 2.38 bits per heavy atom. The third-order valence-corrected chi connectivity index (χ3v) is 2.80. The van der Waals surface area contributed by atoms with E-state index < -0.39 is 0 Å². The molecule has 1 rings (SSSR count). The minimum absolute atomic E-state index is 0.614. The Morgan fingerprint density at radius 2 is 1.81 bits per heavy atom. The summed E-state index contributed by atoms with van der Waals surface area (Å²) in [4.78, 5) is 0. The number of hydrogen-bond acceptors (Lipinski definition) is 0. The molecular formula is C16H23. The van der Waals surface area contributed by atoms with E-state index in [0.717, 1.165) is 6.42 Å². The first-order valence-electron chi connectivity index (χ1n) is 6.42. The Morgan fingerprint density at radius 1 is 1.12 bits per heavy atom. The number of allylic oxidation sites excluding steroid dienone is 1. The third-order valence-electron chi connectivity index (χ3n) is 2.80. The van der Waals surface area contributed by atoms with Crippen molar-refractivity contribution in [2.24, 2.45) is 0 Å². The lowest BCUT2D eigenvalue weighted by atomic mass is 10.0.